The van der Waals surface area contributed by atoms with Crippen LogP contribution in [0.15, 0.2) is 34.9 Å². The van der Waals surface area contributed by atoms with Gasteiger partial charge in [-0.2, -0.15) is 0 Å². The number of hydrogen-bond acceptors (Lipinski definition) is 5. The Morgan fingerprint density at radius 3 is 2.52 bits per heavy atom. The molecule has 2 N–H and O–H groups in total. The molecule has 1 aromatic heterocycles. The number of carbonyl (C=O) groups excluding carboxylic acids is 2. The molecule has 7 heteroatoms. The molecule has 0 unspecified atom stereocenters. The van der Waals surface area contributed by atoms with Gasteiger partial charge in [0, 0.05) is 18.1 Å². The lowest BCUT2D eigenvalue weighted by molar-refractivity contribution is -0.115. The van der Waals surface area contributed by atoms with Gasteiger partial charge in [-0.05, 0) is 18.2 Å². The van der Waals surface area contributed by atoms with Crippen LogP contribution in [0.1, 0.15) is 23.7 Å². The van der Waals surface area contributed by atoms with E-state index in [0.29, 0.717) is 29.2 Å². The summed E-state index contributed by atoms with van der Waals surface area (Å²) in [6, 6.07) is 6.31. The molecule has 1 heterocycles. The zero-order chi connectivity index (χ0) is 16.8. The fraction of sp³-hybridized carbons (Fsp3) is 0.250. The highest BCUT2D eigenvalue weighted by Crippen LogP contribution is 2.26. The molecule has 0 aliphatic carbocycles. The number of amides is 2. The van der Waals surface area contributed by atoms with Crippen molar-refractivity contribution < 1.29 is 23.5 Å². The molecule has 0 spiro atoms. The van der Waals surface area contributed by atoms with Gasteiger partial charge in [-0.15, -0.1) is 0 Å². The zero-order valence-electron chi connectivity index (χ0n) is 13.1. The number of hydrogen-bond donors (Lipinski definition) is 2. The van der Waals surface area contributed by atoms with E-state index in [4.69, 9.17) is 13.9 Å². The topological polar surface area (TPSA) is 89.8 Å². The van der Waals surface area contributed by atoms with E-state index in [1.54, 1.807) is 31.2 Å². The summed E-state index contributed by atoms with van der Waals surface area (Å²) in [6.07, 6.45) is 1.71. The van der Waals surface area contributed by atoms with Gasteiger partial charge in [-0.3, -0.25) is 14.9 Å². The lowest BCUT2D eigenvalue weighted by Crippen LogP contribution is -2.14. The molecule has 0 saturated carbocycles. The highest BCUT2D eigenvalue weighted by molar-refractivity contribution is 6.05. The van der Waals surface area contributed by atoms with Gasteiger partial charge in [0.15, 0.2) is 5.75 Å². The van der Waals surface area contributed by atoms with Crippen molar-refractivity contribution in [2.75, 3.05) is 24.9 Å². The number of rotatable bonds is 6. The van der Waals surface area contributed by atoms with E-state index in [2.05, 4.69) is 10.6 Å². The SMILES string of the molecule is CCC(=O)Nc1cc(C(=O)Nc2cc(OC)co2)ccc1OC. The summed E-state index contributed by atoms with van der Waals surface area (Å²) in [7, 11) is 2.99. The van der Waals surface area contributed by atoms with Crippen molar-refractivity contribution in [2.45, 2.75) is 13.3 Å². The van der Waals surface area contributed by atoms with Crippen molar-refractivity contribution in [3.8, 4) is 11.5 Å². The minimum atomic E-state index is -0.378. The van der Waals surface area contributed by atoms with Gasteiger partial charge in [-0.25, -0.2) is 0 Å². The Labute approximate surface area is 133 Å². The van der Waals surface area contributed by atoms with E-state index in [1.807, 2.05) is 0 Å². The Morgan fingerprint density at radius 1 is 1.13 bits per heavy atom. The van der Waals surface area contributed by atoms with Gasteiger partial charge >= 0.3 is 0 Å². The summed E-state index contributed by atoms with van der Waals surface area (Å²) in [5.41, 5.74) is 0.789. The molecule has 2 aromatic rings. The number of benzene rings is 1. The molecule has 2 amide bonds. The average molecular weight is 318 g/mol. The normalized spacial score (nSPS) is 10.0. The van der Waals surface area contributed by atoms with Crippen LogP contribution in [0, 0.1) is 0 Å². The van der Waals surface area contributed by atoms with Gasteiger partial charge < -0.3 is 19.2 Å². The van der Waals surface area contributed by atoms with Gasteiger partial charge in [-0.1, -0.05) is 6.92 Å². The van der Waals surface area contributed by atoms with E-state index < -0.39 is 0 Å². The van der Waals surface area contributed by atoms with Crippen molar-refractivity contribution in [3.05, 3.63) is 36.1 Å². The van der Waals surface area contributed by atoms with E-state index in [1.165, 1.54) is 20.5 Å². The average Bonchev–Trinajstić information content (AvgIpc) is 3.02. The van der Waals surface area contributed by atoms with E-state index in [-0.39, 0.29) is 17.7 Å². The fourth-order valence-electron chi connectivity index (χ4n) is 1.86. The second-order valence-corrected chi connectivity index (χ2v) is 4.62. The number of methoxy groups -OCH3 is 2. The number of nitrogens with one attached hydrogen (secondary N) is 2. The van der Waals surface area contributed by atoms with E-state index in [0.717, 1.165) is 0 Å². The zero-order valence-corrected chi connectivity index (χ0v) is 13.1. The molecule has 0 radical (unpaired) electrons. The third-order valence-corrected chi connectivity index (χ3v) is 3.10. The Morgan fingerprint density at radius 2 is 1.91 bits per heavy atom. The minimum absolute atomic E-state index is 0.170. The third kappa shape index (κ3) is 4.03. The largest absolute Gasteiger partial charge is 0.495 e. The number of carbonyl (C=O) groups is 2. The summed E-state index contributed by atoms with van der Waals surface area (Å²) >= 11 is 0. The lowest BCUT2D eigenvalue weighted by Gasteiger charge is -2.11. The predicted octanol–water partition coefficient (Wildman–Crippen LogP) is 2.90. The molecule has 0 aliphatic heterocycles. The van der Waals surface area contributed by atoms with Crippen molar-refractivity contribution >= 4 is 23.4 Å². The summed E-state index contributed by atoms with van der Waals surface area (Å²) in [6.45, 7) is 1.74. The van der Waals surface area contributed by atoms with Crippen LogP contribution in [0.4, 0.5) is 11.6 Å². The highest BCUT2D eigenvalue weighted by atomic mass is 16.5. The molecule has 0 bridgehead atoms. The highest BCUT2D eigenvalue weighted by Gasteiger charge is 2.13. The molecular formula is C16H18N2O5. The van der Waals surface area contributed by atoms with Crippen LogP contribution in [-0.2, 0) is 4.79 Å². The molecule has 23 heavy (non-hydrogen) atoms. The molecule has 0 saturated heterocycles. The van der Waals surface area contributed by atoms with Crippen LogP contribution in [0.25, 0.3) is 0 Å². The van der Waals surface area contributed by atoms with Crippen LogP contribution in [0.5, 0.6) is 11.5 Å². The first kappa shape index (κ1) is 16.4. The maximum absolute atomic E-state index is 12.3. The smallest absolute Gasteiger partial charge is 0.258 e. The monoisotopic (exact) mass is 318 g/mol. The Hall–Kier alpha value is -2.96. The first-order valence-electron chi connectivity index (χ1n) is 6.99. The second-order valence-electron chi connectivity index (χ2n) is 4.62. The van der Waals surface area contributed by atoms with Gasteiger partial charge in [0.2, 0.25) is 11.8 Å². The number of furan rings is 1. The lowest BCUT2D eigenvalue weighted by atomic mass is 10.1. The van der Waals surface area contributed by atoms with Crippen LogP contribution in [0.3, 0.4) is 0 Å². The molecule has 1 aromatic carbocycles. The maximum atomic E-state index is 12.3. The summed E-state index contributed by atoms with van der Waals surface area (Å²) in [5, 5.41) is 5.30. The first-order valence-corrected chi connectivity index (χ1v) is 6.99. The predicted molar refractivity (Wildman–Crippen MR) is 85.1 cm³/mol. The van der Waals surface area contributed by atoms with Crippen LogP contribution in [-0.4, -0.2) is 26.0 Å². The van der Waals surface area contributed by atoms with Crippen molar-refractivity contribution in [1.29, 1.82) is 0 Å². The first-order chi connectivity index (χ1) is 11.1. The Kier molecular flexibility index (Phi) is 5.24. The molecule has 0 aliphatic rings. The maximum Gasteiger partial charge on any atom is 0.258 e. The van der Waals surface area contributed by atoms with Crippen LogP contribution < -0.4 is 20.1 Å². The van der Waals surface area contributed by atoms with Crippen LogP contribution in [0.2, 0.25) is 0 Å². The van der Waals surface area contributed by atoms with E-state index in [9.17, 15) is 9.59 Å². The van der Waals surface area contributed by atoms with Gasteiger partial charge in [0.05, 0.1) is 19.9 Å². The number of anilines is 2. The molecule has 122 valence electrons. The molecule has 7 nitrogen and oxygen atoms in total. The fourth-order valence-corrected chi connectivity index (χ4v) is 1.86. The summed E-state index contributed by atoms with van der Waals surface area (Å²) < 4.78 is 15.3. The van der Waals surface area contributed by atoms with Gasteiger partial charge in [0.25, 0.3) is 5.91 Å². The third-order valence-electron chi connectivity index (χ3n) is 3.10. The second kappa shape index (κ2) is 7.35. The van der Waals surface area contributed by atoms with E-state index >= 15 is 0 Å². The molecule has 0 atom stereocenters. The minimum Gasteiger partial charge on any atom is -0.495 e. The Balaban J connectivity index is 2.19. The standard InChI is InChI=1S/C16H18N2O5/c1-4-14(19)17-12-7-10(5-6-13(12)22-3)16(20)18-15-8-11(21-2)9-23-15/h5-9H,4H2,1-3H3,(H,17,19)(H,18,20). The van der Waals surface area contributed by atoms with Gasteiger partial charge in [0.1, 0.15) is 12.0 Å². The van der Waals surface area contributed by atoms with Crippen LogP contribution >= 0.6 is 0 Å². The summed E-state index contributed by atoms with van der Waals surface area (Å²) in [5.74, 6) is 0.698. The number of ether oxygens (including phenoxy) is 2. The van der Waals surface area contributed by atoms with Crippen molar-refractivity contribution in [1.82, 2.24) is 0 Å². The molecular weight excluding hydrogens is 300 g/mol. The Bertz CT molecular complexity index is 708. The summed E-state index contributed by atoms with van der Waals surface area (Å²) in [4.78, 5) is 23.8. The molecule has 2 rings (SSSR count). The quantitative estimate of drug-likeness (QED) is 0.854. The van der Waals surface area contributed by atoms with Crippen molar-refractivity contribution in [2.24, 2.45) is 0 Å². The van der Waals surface area contributed by atoms with Crippen molar-refractivity contribution in [3.63, 3.8) is 0 Å². The molecule has 0 fully saturated rings.